The highest BCUT2D eigenvalue weighted by molar-refractivity contribution is 5.90. The number of carbonyl (C=O) groups excluding carboxylic acids is 1. The van der Waals surface area contributed by atoms with Crippen molar-refractivity contribution >= 4 is 28.6 Å². The van der Waals surface area contributed by atoms with Crippen molar-refractivity contribution in [1.29, 1.82) is 0 Å². The minimum atomic E-state index is -0.115. The number of H-pyrrole nitrogens is 1. The molecule has 7 heteroatoms. The molecule has 0 radical (unpaired) electrons. The van der Waals surface area contributed by atoms with Crippen molar-refractivity contribution in [2.75, 3.05) is 10.6 Å². The highest BCUT2D eigenvalue weighted by Gasteiger charge is 2.05. The van der Waals surface area contributed by atoms with E-state index in [0.29, 0.717) is 6.54 Å². The lowest BCUT2D eigenvalue weighted by molar-refractivity contribution is -0.116. The number of hydrogen-bond donors (Lipinski definition) is 3. The number of fused-ring (bicyclic) bond motifs is 1. The van der Waals surface area contributed by atoms with Gasteiger partial charge < -0.3 is 15.6 Å². The average Bonchev–Trinajstić information content (AvgIpc) is 3.29. The standard InChI is InChI=1S/C19H18N6O/c26-18(13-25-10-4-9-21-25)22-15-6-3-5-14(11-15)12-20-19-23-16-7-1-2-8-17(16)24-19/h1-11H,12-13H2,(H,22,26)(H2,20,23,24). The summed E-state index contributed by atoms with van der Waals surface area (Å²) in [6.07, 6.45) is 3.41. The summed E-state index contributed by atoms with van der Waals surface area (Å²) in [6, 6.07) is 17.4. The first-order chi connectivity index (χ1) is 12.8. The van der Waals surface area contributed by atoms with Gasteiger partial charge in [0.2, 0.25) is 11.9 Å². The smallest absolute Gasteiger partial charge is 0.246 e. The predicted octanol–water partition coefficient (Wildman–Crippen LogP) is 3.01. The summed E-state index contributed by atoms with van der Waals surface area (Å²) in [5.74, 6) is 0.607. The number of imidazole rings is 1. The molecule has 2 aromatic heterocycles. The molecule has 7 nitrogen and oxygen atoms in total. The molecule has 26 heavy (non-hydrogen) atoms. The molecular formula is C19H18N6O. The lowest BCUT2D eigenvalue weighted by Crippen LogP contribution is -2.19. The zero-order chi connectivity index (χ0) is 17.8. The van der Waals surface area contributed by atoms with Gasteiger partial charge in [0.15, 0.2) is 0 Å². The number of nitrogens with zero attached hydrogens (tertiary/aromatic N) is 3. The van der Waals surface area contributed by atoms with E-state index in [0.717, 1.165) is 28.2 Å². The Kier molecular flexibility index (Phi) is 4.34. The molecule has 2 aromatic carbocycles. The largest absolute Gasteiger partial charge is 0.352 e. The SMILES string of the molecule is O=C(Cn1cccn1)Nc1cccc(CNc2nc3ccccc3[nH]2)c1. The first-order valence-corrected chi connectivity index (χ1v) is 8.31. The van der Waals surface area contributed by atoms with Gasteiger partial charge in [-0.25, -0.2) is 4.98 Å². The molecule has 2 heterocycles. The third kappa shape index (κ3) is 3.72. The van der Waals surface area contributed by atoms with E-state index in [4.69, 9.17) is 0 Å². The van der Waals surface area contributed by atoms with Crippen LogP contribution in [0, 0.1) is 0 Å². The molecule has 0 unspecified atom stereocenters. The van der Waals surface area contributed by atoms with E-state index in [9.17, 15) is 4.79 Å². The Balaban J connectivity index is 1.38. The van der Waals surface area contributed by atoms with Gasteiger partial charge in [0.05, 0.1) is 11.0 Å². The fourth-order valence-electron chi connectivity index (χ4n) is 2.72. The molecule has 3 N–H and O–H groups in total. The van der Waals surface area contributed by atoms with Gasteiger partial charge in [-0.15, -0.1) is 0 Å². The molecule has 0 saturated carbocycles. The van der Waals surface area contributed by atoms with Crippen molar-refractivity contribution in [3.05, 3.63) is 72.6 Å². The molecular weight excluding hydrogens is 328 g/mol. The third-order valence-electron chi connectivity index (χ3n) is 3.92. The number of carbonyl (C=O) groups is 1. The first-order valence-electron chi connectivity index (χ1n) is 8.31. The van der Waals surface area contributed by atoms with Gasteiger partial charge >= 0.3 is 0 Å². The Hall–Kier alpha value is -3.61. The van der Waals surface area contributed by atoms with Crippen molar-refractivity contribution in [2.45, 2.75) is 13.1 Å². The van der Waals surface area contributed by atoms with Crippen LogP contribution in [-0.2, 0) is 17.9 Å². The Bertz CT molecular complexity index is 988. The molecule has 0 bridgehead atoms. The van der Waals surface area contributed by atoms with Gasteiger partial charge in [-0.3, -0.25) is 9.48 Å². The molecule has 0 fully saturated rings. The number of rotatable bonds is 6. The molecule has 4 rings (SSSR count). The summed E-state index contributed by atoms with van der Waals surface area (Å²) in [4.78, 5) is 19.8. The third-order valence-corrected chi connectivity index (χ3v) is 3.92. The number of nitrogens with one attached hydrogen (secondary N) is 3. The molecule has 1 amide bonds. The van der Waals surface area contributed by atoms with E-state index in [1.165, 1.54) is 0 Å². The molecule has 0 aliphatic rings. The normalized spacial score (nSPS) is 10.8. The van der Waals surface area contributed by atoms with Crippen LogP contribution in [0.4, 0.5) is 11.6 Å². The van der Waals surface area contributed by atoms with E-state index in [1.807, 2.05) is 48.5 Å². The Morgan fingerprint density at radius 3 is 2.88 bits per heavy atom. The molecule has 0 saturated heterocycles. The van der Waals surface area contributed by atoms with Crippen LogP contribution >= 0.6 is 0 Å². The number of benzene rings is 2. The van der Waals surface area contributed by atoms with Crippen LogP contribution in [0.1, 0.15) is 5.56 Å². The maximum atomic E-state index is 12.1. The number of amides is 1. The van der Waals surface area contributed by atoms with E-state index in [2.05, 4.69) is 25.7 Å². The highest BCUT2D eigenvalue weighted by Crippen LogP contribution is 2.15. The van der Waals surface area contributed by atoms with Crippen LogP contribution in [0.2, 0.25) is 0 Å². The number of aromatic nitrogens is 4. The topological polar surface area (TPSA) is 87.6 Å². The maximum Gasteiger partial charge on any atom is 0.246 e. The minimum Gasteiger partial charge on any atom is -0.352 e. The Labute approximate surface area is 150 Å². The lowest BCUT2D eigenvalue weighted by atomic mass is 10.2. The fraction of sp³-hybridized carbons (Fsp3) is 0.105. The first kappa shape index (κ1) is 15.9. The van der Waals surface area contributed by atoms with Gasteiger partial charge in [0.1, 0.15) is 6.54 Å². The molecule has 130 valence electrons. The average molecular weight is 346 g/mol. The quantitative estimate of drug-likeness (QED) is 0.501. The second kappa shape index (κ2) is 7.10. The molecule has 0 aliphatic heterocycles. The van der Waals surface area contributed by atoms with E-state index < -0.39 is 0 Å². The second-order valence-electron chi connectivity index (χ2n) is 5.91. The summed E-state index contributed by atoms with van der Waals surface area (Å²) >= 11 is 0. The highest BCUT2D eigenvalue weighted by atomic mass is 16.2. The Morgan fingerprint density at radius 2 is 2.04 bits per heavy atom. The van der Waals surface area contributed by atoms with E-state index in [-0.39, 0.29) is 12.5 Å². The van der Waals surface area contributed by atoms with Gasteiger partial charge in [-0.05, 0) is 35.9 Å². The number of anilines is 2. The summed E-state index contributed by atoms with van der Waals surface area (Å²) in [5, 5.41) is 10.2. The van der Waals surface area contributed by atoms with E-state index >= 15 is 0 Å². The van der Waals surface area contributed by atoms with Crippen molar-refractivity contribution in [2.24, 2.45) is 0 Å². The zero-order valence-electron chi connectivity index (χ0n) is 14.0. The second-order valence-corrected chi connectivity index (χ2v) is 5.91. The fourth-order valence-corrected chi connectivity index (χ4v) is 2.72. The molecule has 4 aromatic rings. The van der Waals surface area contributed by atoms with Gasteiger partial charge in [0.25, 0.3) is 0 Å². The van der Waals surface area contributed by atoms with Gasteiger partial charge in [0, 0.05) is 24.6 Å². The van der Waals surface area contributed by atoms with Crippen molar-refractivity contribution < 1.29 is 4.79 Å². The zero-order valence-corrected chi connectivity index (χ0v) is 14.0. The monoisotopic (exact) mass is 346 g/mol. The van der Waals surface area contributed by atoms with Crippen LogP contribution in [0.25, 0.3) is 11.0 Å². The van der Waals surface area contributed by atoms with Crippen molar-refractivity contribution in [3.8, 4) is 0 Å². The number of para-hydroxylation sites is 2. The summed E-state index contributed by atoms with van der Waals surface area (Å²) in [7, 11) is 0. The predicted molar refractivity (Wildman–Crippen MR) is 101 cm³/mol. The molecule has 0 spiro atoms. The minimum absolute atomic E-state index is 0.115. The number of hydrogen-bond acceptors (Lipinski definition) is 4. The van der Waals surface area contributed by atoms with Crippen LogP contribution in [0.15, 0.2) is 67.0 Å². The van der Waals surface area contributed by atoms with Crippen LogP contribution in [0.5, 0.6) is 0 Å². The summed E-state index contributed by atoms with van der Waals surface area (Å²) in [5.41, 5.74) is 3.72. The van der Waals surface area contributed by atoms with Crippen LogP contribution < -0.4 is 10.6 Å². The molecule has 0 aliphatic carbocycles. The Morgan fingerprint density at radius 1 is 1.12 bits per heavy atom. The lowest BCUT2D eigenvalue weighted by Gasteiger charge is -2.08. The summed E-state index contributed by atoms with van der Waals surface area (Å²) < 4.78 is 1.59. The summed E-state index contributed by atoms with van der Waals surface area (Å²) in [6.45, 7) is 0.789. The van der Waals surface area contributed by atoms with E-state index in [1.54, 1.807) is 23.1 Å². The van der Waals surface area contributed by atoms with Crippen LogP contribution in [-0.4, -0.2) is 25.7 Å². The van der Waals surface area contributed by atoms with Crippen molar-refractivity contribution in [3.63, 3.8) is 0 Å². The molecule has 0 atom stereocenters. The van der Waals surface area contributed by atoms with Gasteiger partial charge in [-0.2, -0.15) is 5.10 Å². The maximum absolute atomic E-state index is 12.1. The number of aromatic amines is 1. The van der Waals surface area contributed by atoms with Gasteiger partial charge in [-0.1, -0.05) is 24.3 Å². The van der Waals surface area contributed by atoms with Crippen LogP contribution in [0.3, 0.4) is 0 Å². The van der Waals surface area contributed by atoms with Crippen molar-refractivity contribution in [1.82, 2.24) is 19.7 Å².